The van der Waals surface area contributed by atoms with Gasteiger partial charge in [0.15, 0.2) is 0 Å². The Labute approximate surface area is 131 Å². The lowest BCUT2D eigenvalue weighted by atomic mass is 9.99. The van der Waals surface area contributed by atoms with Crippen LogP contribution >= 0.6 is 22.6 Å². The number of hydrogen-bond donors (Lipinski definition) is 1. The normalized spacial score (nSPS) is 12.5. The first-order chi connectivity index (χ1) is 9.74. The third-order valence-corrected chi connectivity index (χ3v) is 4.06. The number of aliphatic hydroxyl groups is 1. The Hall–Kier alpha value is -1.46. The molecule has 0 amide bonds. The molecule has 2 aromatic carbocycles. The van der Waals surface area contributed by atoms with E-state index in [1.54, 1.807) is 6.20 Å². The summed E-state index contributed by atoms with van der Waals surface area (Å²) in [6.07, 6.45) is 1.91. The van der Waals surface area contributed by atoms with Gasteiger partial charge in [-0.1, -0.05) is 30.3 Å². The number of nitrogens with zero attached hydrogens (tertiary/aromatic N) is 1. The van der Waals surface area contributed by atoms with Gasteiger partial charge in [-0.05, 0) is 58.0 Å². The Kier molecular flexibility index (Phi) is 3.98. The predicted octanol–water partition coefficient (Wildman–Crippen LogP) is 4.12. The largest absolute Gasteiger partial charge is 0.388 e. The molecule has 0 aliphatic carbocycles. The average molecular weight is 375 g/mol. The zero-order valence-electron chi connectivity index (χ0n) is 10.8. The number of pyridine rings is 1. The Bertz CT molecular complexity index is 736. The van der Waals surface area contributed by atoms with E-state index in [1.165, 1.54) is 0 Å². The summed E-state index contributed by atoms with van der Waals surface area (Å²) in [5, 5.41) is 11.5. The van der Waals surface area contributed by atoms with Crippen LogP contribution in [0.2, 0.25) is 0 Å². The molecule has 3 aromatic rings. The van der Waals surface area contributed by atoms with E-state index in [4.69, 9.17) is 0 Å². The molecule has 0 saturated heterocycles. The van der Waals surface area contributed by atoms with Gasteiger partial charge in [-0.3, -0.25) is 4.98 Å². The maximum atomic E-state index is 10.4. The van der Waals surface area contributed by atoms with Crippen LogP contribution in [0.5, 0.6) is 0 Å². The maximum absolute atomic E-state index is 10.4. The maximum Gasteiger partial charge on any atom is 0.0830 e. The highest BCUT2D eigenvalue weighted by molar-refractivity contribution is 14.1. The lowest BCUT2D eigenvalue weighted by molar-refractivity contribution is 0.179. The van der Waals surface area contributed by atoms with Crippen LogP contribution in [0.1, 0.15) is 17.2 Å². The zero-order valence-corrected chi connectivity index (χ0v) is 13.0. The number of rotatable bonds is 3. The van der Waals surface area contributed by atoms with E-state index in [-0.39, 0.29) is 0 Å². The number of aromatic nitrogens is 1. The molecule has 0 fully saturated rings. The fourth-order valence-electron chi connectivity index (χ4n) is 2.37. The summed E-state index contributed by atoms with van der Waals surface area (Å²) in [7, 11) is 0. The Balaban J connectivity index is 1.93. The zero-order chi connectivity index (χ0) is 13.9. The van der Waals surface area contributed by atoms with Gasteiger partial charge in [0, 0.05) is 21.6 Å². The second-order valence-electron chi connectivity index (χ2n) is 4.76. The van der Waals surface area contributed by atoms with Gasteiger partial charge in [-0.15, -0.1) is 0 Å². The van der Waals surface area contributed by atoms with Crippen molar-refractivity contribution in [2.45, 2.75) is 12.5 Å². The Morgan fingerprint density at radius 1 is 1.05 bits per heavy atom. The fourth-order valence-corrected chi connectivity index (χ4v) is 2.94. The first kappa shape index (κ1) is 13.5. The third kappa shape index (κ3) is 2.83. The SMILES string of the molecule is OC(Cc1ccnc2ccccc12)c1cccc(I)c1. The first-order valence-electron chi connectivity index (χ1n) is 6.50. The van der Waals surface area contributed by atoms with Crippen LogP contribution in [0, 0.1) is 3.57 Å². The summed E-state index contributed by atoms with van der Waals surface area (Å²) in [5.74, 6) is 0. The minimum atomic E-state index is -0.490. The van der Waals surface area contributed by atoms with Crippen LogP contribution in [0.4, 0.5) is 0 Å². The molecule has 3 heteroatoms. The summed E-state index contributed by atoms with van der Waals surface area (Å²) in [4.78, 5) is 4.35. The van der Waals surface area contributed by atoms with Crippen LogP contribution in [0.3, 0.4) is 0 Å². The van der Waals surface area contributed by atoms with Gasteiger partial charge in [0.05, 0.1) is 11.6 Å². The highest BCUT2D eigenvalue weighted by Gasteiger charge is 2.11. The molecule has 1 aromatic heterocycles. The van der Waals surface area contributed by atoms with Gasteiger partial charge < -0.3 is 5.11 Å². The van der Waals surface area contributed by atoms with Gasteiger partial charge in [-0.2, -0.15) is 0 Å². The highest BCUT2D eigenvalue weighted by atomic mass is 127. The molecule has 0 aliphatic heterocycles. The number of aliphatic hydroxyl groups excluding tert-OH is 1. The fraction of sp³-hybridized carbons (Fsp3) is 0.118. The highest BCUT2D eigenvalue weighted by Crippen LogP contribution is 2.24. The number of hydrogen-bond acceptors (Lipinski definition) is 2. The van der Waals surface area contributed by atoms with Crippen molar-refractivity contribution in [1.29, 1.82) is 0 Å². The van der Waals surface area contributed by atoms with Crippen molar-refractivity contribution in [1.82, 2.24) is 4.98 Å². The van der Waals surface area contributed by atoms with E-state index in [1.807, 2.05) is 48.5 Å². The molecule has 1 N–H and O–H groups in total. The van der Waals surface area contributed by atoms with E-state index in [2.05, 4.69) is 33.6 Å². The molecular weight excluding hydrogens is 361 g/mol. The lowest BCUT2D eigenvalue weighted by Crippen LogP contribution is -2.03. The van der Waals surface area contributed by atoms with Crippen molar-refractivity contribution in [3.8, 4) is 0 Å². The molecule has 0 saturated carbocycles. The molecule has 100 valence electrons. The Morgan fingerprint density at radius 3 is 2.75 bits per heavy atom. The van der Waals surface area contributed by atoms with E-state index in [0.717, 1.165) is 25.6 Å². The smallest absolute Gasteiger partial charge is 0.0830 e. The van der Waals surface area contributed by atoms with Gasteiger partial charge in [0.2, 0.25) is 0 Å². The molecule has 0 spiro atoms. The summed E-state index contributed by atoms with van der Waals surface area (Å²) < 4.78 is 1.14. The van der Waals surface area contributed by atoms with Gasteiger partial charge in [-0.25, -0.2) is 0 Å². The van der Waals surface area contributed by atoms with Crippen molar-refractivity contribution in [2.75, 3.05) is 0 Å². The van der Waals surface area contributed by atoms with Gasteiger partial charge in [0.1, 0.15) is 0 Å². The topological polar surface area (TPSA) is 33.1 Å². The van der Waals surface area contributed by atoms with E-state index >= 15 is 0 Å². The molecular formula is C17H14INO. The molecule has 20 heavy (non-hydrogen) atoms. The average Bonchev–Trinajstić information content (AvgIpc) is 2.47. The van der Waals surface area contributed by atoms with Crippen LogP contribution in [0.25, 0.3) is 10.9 Å². The molecule has 3 rings (SSSR count). The van der Waals surface area contributed by atoms with Crippen molar-refractivity contribution in [3.63, 3.8) is 0 Å². The number of halogens is 1. The third-order valence-electron chi connectivity index (χ3n) is 3.39. The van der Waals surface area contributed by atoms with Crippen LogP contribution < -0.4 is 0 Å². The second-order valence-corrected chi connectivity index (χ2v) is 6.01. The van der Waals surface area contributed by atoms with Crippen molar-refractivity contribution < 1.29 is 5.11 Å². The summed E-state index contributed by atoms with van der Waals surface area (Å²) in [6.45, 7) is 0. The molecule has 1 atom stereocenters. The summed E-state index contributed by atoms with van der Waals surface area (Å²) in [5.41, 5.74) is 3.06. The minimum Gasteiger partial charge on any atom is -0.388 e. The Morgan fingerprint density at radius 2 is 1.90 bits per heavy atom. The van der Waals surface area contributed by atoms with Crippen LogP contribution in [0.15, 0.2) is 60.8 Å². The standard InChI is InChI=1S/C17H14INO/c18-14-5-3-4-13(10-14)17(20)11-12-8-9-19-16-7-2-1-6-15(12)16/h1-10,17,20H,11H2. The molecule has 0 bridgehead atoms. The monoisotopic (exact) mass is 375 g/mol. The van der Waals surface area contributed by atoms with Crippen LogP contribution in [-0.2, 0) is 6.42 Å². The number of fused-ring (bicyclic) bond motifs is 1. The van der Waals surface area contributed by atoms with Crippen molar-refractivity contribution >= 4 is 33.5 Å². The van der Waals surface area contributed by atoms with Crippen molar-refractivity contribution in [2.24, 2.45) is 0 Å². The molecule has 0 radical (unpaired) electrons. The number of para-hydroxylation sites is 1. The molecule has 1 heterocycles. The minimum absolute atomic E-state index is 0.490. The predicted molar refractivity (Wildman–Crippen MR) is 89.6 cm³/mol. The summed E-state index contributed by atoms with van der Waals surface area (Å²) in [6, 6.07) is 18.0. The summed E-state index contributed by atoms with van der Waals surface area (Å²) >= 11 is 2.26. The first-order valence-corrected chi connectivity index (χ1v) is 7.58. The lowest BCUT2D eigenvalue weighted by Gasteiger charge is -2.13. The quantitative estimate of drug-likeness (QED) is 0.699. The van der Waals surface area contributed by atoms with Crippen LogP contribution in [-0.4, -0.2) is 10.1 Å². The van der Waals surface area contributed by atoms with Gasteiger partial charge in [0.25, 0.3) is 0 Å². The molecule has 1 unspecified atom stereocenters. The van der Waals surface area contributed by atoms with E-state index < -0.39 is 6.10 Å². The van der Waals surface area contributed by atoms with E-state index in [0.29, 0.717) is 6.42 Å². The molecule has 2 nitrogen and oxygen atoms in total. The molecule has 0 aliphatic rings. The second kappa shape index (κ2) is 5.89. The van der Waals surface area contributed by atoms with Crippen molar-refractivity contribution in [3.05, 3.63) is 75.5 Å². The van der Waals surface area contributed by atoms with E-state index in [9.17, 15) is 5.11 Å². The number of benzene rings is 2. The van der Waals surface area contributed by atoms with Gasteiger partial charge >= 0.3 is 0 Å².